The quantitative estimate of drug-likeness (QED) is 0.868. The number of aliphatic hydroxyl groups excluding tert-OH is 1. The van der Waals surface area contributed by atoms with Gasteiger partial charge in [-0.15, -0.1) is 0 Å². The topological polar surface area (TPSA) is 29.5 Å². The predicted octanol–water partition coefficient (Wildman–Crippen LogP) is 4.22. The fourth-order valence-electron chi connectivity index (χ4n) is 1.75. The Morgan fingerprint density at radius 2 is 2.06 bits per heavy atom. The summed E-state index contributed by atoms with van der Waals surface area (Å²) in [6, 6.07) is 5.90. The fourth-order valence-corrected chi connectivity index (χ4v) is 1.99. The lowest BCUT2D eigenvalue weighted by Gasteiger charge is -2.26. The van der Waals surface area contributed by atoms with Gasteiger partial charge in [0, 0.05) is 6.61 Å². The molecule has 1 fully saturated rings. The van der Waals surface area contributed by atoms with Crippen molar-refractivity contribution in [3.63, 3.8) is 0 Å². The van der Waals surface area contributed by atoms with E-state index in [2.05, 4.69) is 0 Å². The Morgan fingerprint density at radius 3 is 2.56 bits per heavy atom. The summed E-state index contributed by atoms with van der Waals surface area (Å²) in [5.74, 6) is 0.791. The van der Waals surface area contributed by atoms with E-state index in [0.717, 1.165) is 37.0 Å². The van der Waals surface area contributed by atoms with Crippen LogP contribution in [0.2, 0.25) is 5.02 Å². The molecule has 0 radical (unpaired) electrons. The summed E-state index contributed by atoms with van der Waals surface area (Å²) < 4.78 is 5.76. The van der Waals surface area contributed by atoms with E-state index in [-0.39, 0.29) is 6.61 Å². The van der Waals surface area contributed by atoms with Gasteiger partial charge in [-0.05, 0) is 49.8 Å². The van der Waals surface area contributed by atoms with Crippen LogP contribution < -0.4 is 4.74 Å². The first-order valence-electron chi connectivity index (χ1n) is 6.85. The van der Waals surface area contributed by atoms with Crippen molar-refractivity contribution in [3.05, 3.63) is 28.8 Å². The molecule has 18 heavy (non-hydrogen) atoms. The van der Waals surface area contributed by atoms with Gasteiger partial charge in [0.05, 0.1) is 11.1 Å². The van der Waals surface area contributed by atoms with Gasteiger partial charge >= 0.3 is 0 Å². The highest BCUT2D eigenvalue weighted by atomic mass is 35.5. The Bertz CT molecular complexity index is 348. The second-order valence-electron chi connectivity index (χ2n) is 4.26. The highest BCUT2D eigenvalue weighted by molar-refractivity contribution is 6.32. The molecule has 1 N–H and O–H groups in total. The zero-order chi connectivity index (χ0) is 13.4. The van der Waals surface area contributed by atoms with Crippen LogP contribution in [-0.4, -0.2) is 17.8 Å². The van der Waals surface area contributed by atoms with Crippen LogP contribution in [0.4, 0.5) is 0 Å². The van der Waals surface area contributed by atoms with Crippen molar-refractivity contribution in [2.75, 3.05) is 6.61 Å². The summed E-state index contributed by atoms with van der Waals surface area (Å²) in [4.78, 5) is 0. The van der Waals surface area contributed by atoms with E-state index in [1.807, 2.05) is 32.0 Å². The van der Waals surface area contributed by atoms with E-state index >= 15 is 0 Å². The van der Waals surface area contributed by atoms with Crippen LogP contribution in [0.1, 0.15) is 45.1 Å². The zero-order valence-corrected chi connectivity index (χ0v) is 12.0. The van der Waals surface area contributed by atoms with Crippen LogP contribution in [0.3, 0.4) is 0 Å². The van der Waals surface area contributed by atoms with Crippen molar-refractivity contribution in [1.29, 1.82) is 0 Å². The minimum absolute atomic E-state index is 0.220. The number of aliphatic hydroxyl groups is 1. The first kappa shape index (κ1) is 15.3. The molecule has 1 aliphatic carbocycles. The van der Waals surface area contributed by atoms with E-state index in [1.165, 1.54) is 6.42 Å². The molecule has 0 aliphatic heterocycles. The number of aryl methyl sites for hydroxylation is 1. The lowest BCUT2D eigenvalue weighted by molar-refractivity contribution is 0.120. The maximum absolute atomic E-state index is 8.75. The summed E-state index contributed by atoms with van der Waals surface area (Å²) in [6.45, 7) is 4.22. The van der Waals surface area contributed by atoms with Crippen molar-refractivity contribution in [1.82, 2.24) is 0 Å². The van der Waals surface area contributed by atoms with Gasteiger partial charge in [-0.1, -0.05) is 31.5 Å². The van der Waals surface area contributed by atoms with Gasteiger partial charge in [0.25, 0.3) is 0 Å². The van der Waals surface area contributed by atoms with Crippen molar-refractivity contribution >= 4 is 11.6 Å². The van der Waals surface area contributed by atoms with Gasteiger partial charge < -0.3 is 9.84 Å². The molecule has 0 bridgehead atoms. The summed E-state index contributed by atoms with van der Waals surface area (Å²) in [5, 5.41) is 9.43. The maximum atomic E-state index is 8.75. The molecule has 0 spiro atoms. The van der Waals surface area contributed by atoms with Gasteiger partial charge in [-0.2, -0.15) is 0 Å². The van der Waals surface area contributed by atoms with Gasteiger partial charge in [0.2, 0.25) is 0 Å². The minimum atomic E-state index is 0.220. The van der Waals surface area contributed by atoms with Gasteiger partial charge in [-0.25, -0.2) is 0 Å². The molecular formula is C15H23ClO2. The Kier molecular flexibility index (Phi) is 7.14. The van der Waals surface area contributed by atoms with Crippen LogP contribution in [0, 0.1) is 0 Å². The number of halogens is 1. The molecule has 0 heterocycles. The van der Waals surface area contributed by atoms with Crippen LogP contribution in [0.5, 0.6) is 5.75 Å². The Balaban J connectivity index is 0.000000771. The molecule has 2 rings (SSSR count). The van der Waals surface area contributed by atoms with Crippen molar-refractivity contribution < 1.29 is 9.84 Å². The van der Waals surface area contributed by atoms with E-state index in [0.29, 0.717) is 11.1 Å². The molecule has 2 nitrogen and oxygen atoms in total. The molecular weight excluding hydrogens is 248 g/mol. The molecule has 1 saturated carbocycles. The van der Waals surface area contributed by atoms with Crippen LogP contribution in [0.25, 0.3) is 0 Å². The van der Waals surface area contributed by atoms with E-state index in [4.69, 9.17) is 21.4 Å². The van der Waals surface area contributed by atoms with Crippen LogP contribution in [-0.2, 0) is 6.42 Å². The number of rotatable bonds is 5. The monoisotopic (exact) mass is 270 g/mol. The molecule has 0 aromatic heterocycles. The third kappa shape index (κ3) is 4.51. The standard InChI is InChI=1S/C13H17ClO2.C2H6/c14-12-9-10(3-2-8-15)6-7-13(12)16-11-4-1-5-11;1-2/h6-7,9,11,15H,1-5,8H2;1-2H3. The van der Waals surface area contributed by atoms with Gasteiger partial charge in [-0.3, -0.25) is 0 Å². The molecule has 1 aromatic rings. The minimum Gasteiger partial charge on any atom is -0.489 e. The highest BCUT2D eigenvalue weighted by Crippen LogP contribution is 2.31. The highest BCUT2D eigenvalue weighted by Gasteiger charge is 2.20. The van der Waals surface area contributed by atoms with E-state index in [1.54, 1.807) is 0 Å². The first-order chi connectivity index (χ1) is 8.79. The largest absolute Gasteiger partial charge is 0.489 e. The number of hydrogen-bond donors (Lipinski definition) is 1. The van der Waals surface area contributed by atoms with Gasteiger partial charge in [0.1, 0.15) is 5.75 Å². The Hall–Kier alpha value is -0.730. The first-order valence-corrected chi connectivity index (χ1v) is 7.23. The Morgan fingerprint density at radius 1 is 1.33 bits per heavy atom. The smallest absolute Gasteiger partial charge is 0.138 e. The second kappa shape index (κ2) is 8.39. The number of hydrogen-bond acceptors (Lipinski definition) is 2. The van der Waals surface area contributed by atoms with Gasteiger partial charge in [0.15, 0.2) is 0 Å². The molecule has 1 aliphatic rings. The Labute approximate surface area is 115 Å². The van der Waals surface area contributed by atoms with E-state index in [9.17, 15) is 0 Å². The normalized spacial score (nSPS) is 14.4. The molecule has 0 saturated heterocycles. The van der Waals surface area contributed by atoms with Crippen molar-refractivity contribution in [2.45, 2.75) is 52.1 Å². The SMILES string of the molecule is CC.OCCCc1ccc(OC2CCC2)c(Cl)c1. The molecule has 102 valence electrons. The average molecular weight is 271 g/mol. The third-order valence-electron chi connectivity index (χ3n) is 2.97. The average Bonchev–Trinajstić information content (AvgIpc) is 2.35. The fraction of sp³-hybridized carbons (Fsp3) is 0.600. The van der Waals surface area contributed by atoms with Crippen molar-refractivity contribution in [2.24, 2.45) is 0 Å². The number of benzene rings is 1. The molecule has 0 amide bonds. The lowest BCUT2D eigenvalue weighted by atomic mass is 9.96. The summed E-state index contributed by atoms with van der Waals surface area (Å²) in [6.07, 6.45) is 5.54. The predicted molar refractivity (Wildman–Crippen MR) is 76.5 cm³/mol. The van der Waals surface area contributed by atoms with Crippen molar-refractivity contribution in [3.8, 4) is 5.75 Å². The third-order valence-corrected chi connectivity index (χ3v) is 3.26. The molecule has 0 unspecified atom stereocenters. The lowest BCUT2D eigenvalue weighted by Crippen LogP contribution is -2.24. The summed E-state index contributed by atoms with van der Waals surface area (Å²) >= 11 is 6.15. The van der Waals surface area contributed by atoms with Crippen LogP contribution >= 0.6 is 11.6 Å². The maximum Gasteiger partial charge on any atom is 0.138 e. The number of ether oxygens (including phenoxy) is 1. The second-order valence-corrected chi connectivity index (χ2v) is 4.67. The van der Waals surface area contributed by atoms with Crippen LogP contribution in [0.15, 0.2) is 18.2 Å². The molecule has 0 atom stereocenters. The van der Waals surface area contributed by atoms with E-state index < -0.39 is 0 Å². The summed E-state index contributed by atoms with van der Waals surface area (Å²) in [7, 11) is 0. The summed E-state index contributed by atoms with van der Waals surface area (Å²) in [5.41, 5.74) is 1.15. The molecule has 3 heteroatoms. The zero-order valence-electron chi connectivity index (χ0n) is 11.3. The molecule has 1 aromatic carbocycles.